The highest BCUT2D eigenvalue weighted by molar-refractivity contribution is 5.94. The Morgan fingerprint density at radius 1 is 1.25 bits per heavy atom. The average Bonchev–Trinajstić information content (AvgIpc) is 2.41. The van der Waals surface area contributed by atoms with Gasteiger partial charge in [-0.25, -0.2) is 4.79 Å². The fraction of sp³-hybridized carbons (Fsp3) is 0.467. The zero-order chi connectivity index (χ0) is 15.1. The van der Waals surface area contributed by atoms with Crippen molar-refractivity contribution in [2.75, 3.05) is 11.9 Å². The van der Waals surface area contributed by atoms with E-state index < -0.39 is 6.04 Å². The molecule has 5 nitrogen and oxygen atoms in total. The number of carbonyl (C=O) groups is 2. The van der Waals surface area contributed by atoms with Crippen molar-refractivity contribution in [3.8, 4) is 0 Å². The van der Waals surface area contributed by atoms with Crippen molar-refractivity contribution in [2.45, 2.75) is 40.2 Å². The van der Waals surface area contributed by atoms with Gasteiger partial charge >= 0.3 is 6.03 Å². The predicted octanol–water partition coefficient (Wildman–Crippen LogP) is 2.34. The summed E-state index contributed by atoms with van der Waals surface area (Å²) in [5.74, 6) is -0.178. The van der Waals surface area contributed by atoms with E-state index in [0.717, 1.165) is 23.2 Å². The van der Waals surface area contributed by atoms with Gasteiger partial charge in [-0.2, -0.15) is 0 Å². The summed E-state index contributed by atoms with van der Waals surface area (Å²) >= 11 is 0. The van der Waals surface area contributed by atoms with Gasteiger partial charge in [-0.15, -0.1) is 0 Å². The Morgan fingerprint density at radius 2 is 1.95 bits per heavy atom. The van der Waals surface area contributed by atoms with Gasteiger partial charge in [0.1, 0.15) is 6.04 Å². The van der Waals surface area contributed by atoms with E-state index >= 15 is 0 Å². The summed E-state index contributed by atoms with van der Waals surface area (Å²) in [6.07, 6.45) is 0.868. The molecule has 0 aliphatic carbocycles. The maximum atomic E-state index is 11.9. The third-order valence-electron chi connectivity index (χ3n) is 3.14. The average molecular weight is 277 g/mol. The molecule has 0 spiro atoms. The molecule has 0 bridgehead atoms. The fourth-order valence-electron chi connectivity index (χ4n) is 1.71. The first kappa shape index (κ1) is 16.0. The Bertz CT molecular complexity index is 486. The van der Waals surface area contributed by atoms with Crippen LogP contribution in [-0.4, -0.2) is 24.5 Å². The van der Waals surface area contributed by atoms with Gasteiger partial charge < -0.3 is 16.0 Å². The van der Waals surface area contributed by atoms with Crippen LogP contribution in [-0.2, 0) is 4.79 Å². The molecule has 5 heteroatoms. The van der Waals surface area contributed by atoms with Gasteiger partial charge in [0.2, 0.25) is 5.91 Å². The van der Waals surface area contributed by atoms with Crippen molar-refractivity contribution in [3.63, 3.8) is 0 Å². The molecule has 0 heterocycles. The zero-order valence-corrected chi connectivity index (χ0v) is 12.5. The minimum atomic E-state index is -0.563. The molecule has 0 aromatic heterocycles. The first-order valence-corrected chi connectivity index (χ1v) is 6.87. The van der Waals surface area contributed by atoms with Gasteiger partial charge in [-0.3, -0.25) is 4.79 Å². The highest BCUT2D eigenvalue weighted by Gasteiger charge is 2.15. The van der Waals surface area contributed by atoms with E-state index in [1.165, 1.54) is 0 Å². The van der Waals surface area contributed by atoms with Gasteiger partial charge in [0.05, 0.1) is 0 Å². The van der Waals surface area contributed by atoms with Crippen LogP contribution in [0.2, 0.25) is 0 Å². The van der Waals surface area contributed by atoms with E-state index in [2.05, 4.69) is 16.0 Å². The lowest BCUT2D eigenvalue weighted by molar-refractivity contribution is -0.122. The normalized spacial score (nSPS) is 11.6. The minimum absolute atomic E-state index is 0.178. The summed E-state index contributed by atoms with van der Waals surface area (Å²) in [5, 5.41) is 8.12. The summed E-state index contributed by atoms with van der Waals surface area (Å²) in [7, 11) is 0. The summed E-state index contributed by atoms with van der Waals surface area (Å²) in [5.41, 5.74) is 2.88. The molecule has 1 aromatic carbocycles. The first-order valence-electron chi connectivity index (χ1n) is 6.87. The lowest BCUT2D eigenvalue weighted by atomic mass is 10.1. The van der Waals surface area contributed by atoms with Crippen LogP contribution in [0.25, 0.3) is 0 Å². The first-order chi connectivity index (χ1) is 9.45. The van der Waals surface area contributed by atoms with E-state index in [1.807, 2.05) is 39.0 Å². The molecule has 0 saturated carbocycles. The van der Waals surface area contributed by atoms with Gasteiger partial charge in [0.25, 0.3) is 0 Å². The standard InChI is InChI=1S/C15H23N3O2/c1-5-9-16-14(19)12(4)17-15(20)18-13-8-6-7-10(2)11(13)3/h6-8,12H,5,9H2,1-4H3,(H,16,19)(H2,17,18,20). The molecule has 0 aliphatic heterocycles. The predicted molar refractivity (Wildman–Crippen MR) is 80.8 cm³/mol. The van der Waals surface area contributed by atoms with Crippen LogP contribution in [0.1, 0.15) is 31.4 Å². The number of benzene rings is 1. The molecule has 0 aliphatic rings. The van der Waals surface area contributed by atoms with Crippen LogP contribution < -0.4 is 16.0 Å². The molecule has 20 heavy (non-hydrogen) atoms. The maximum Gasteiger partial charge on any atom is 0.319 e. The highest BCUT2D eigenvalue weighted by atomic mass is 16.2. The second-order valence-electron chi connectivity index (χ2n) is 4.86. The molecular formula is C15H23N3O2. The van der Waals surface area contributed by atoms with Crippen LogP contribution in [0.15, 0.2) is 18.2 Å². The van der Waals surface area contributed by atoms with Gasteiger partial charge in [-0.05, 0) is 44.4 Å². The number of hydrogen-bond acceptors (Lipinski definition) is 2. The molecule has 3 amide bonds. The number of nitrogens with one attached hydrogen (secondary N) is 3. The summed E-state index contributed by atoms with van der Waals surface area (Å²) in [6.45, 7) is 8.18. The van der Waals surface area contributed by atoms with Gasteiger partial charge in [-0.1, -0.05) is 19.1 Å². The van der Waals surface area contributed by atoms with Gasteiger partial charge in [0, 0.05) is 12.2 Å². The van der Waals surface area contributed by atoms with E-state index in [9.17, 15) is 9.59 Å². The SMILES string of the molecule is CCCNC(=O)C(C)NC(=O)Nc1cccc(C)c1C. The van der Waals surface area contributed by atoms with Crippen LogP contribution in [0.5, 0.6) is 0 Å². The number of aryl methyl sites for hydroxylation is 1. The lowest BCUT2D eigenvalue weighted by Gasteiger charge is -2.15. The molecule has 1 atom stereocenters. The quantitative estimate of drug-likeness (QED) is 0.773. The topological polar surface area (TPSA) is 70.2 Å². The molecule has 1 unspecified atom stereocenters. The summed E-state index contributed by atoms with van der Waals surface area (Å²) in [6, 6.07) is 4.77. The van der Waals surface area contributed by atoms with Crippen LogP contribution in [0.3, 0.4) is 0 Å². The largest absolute Gasteiger partial charge is 0.354 e. The zero-order valence-electron chi connectivity index (χ0n) is 12.5. The van der Waals surface area contributed by atoms with Crippen molar-refractivity contribution in [2.24, 2.45) is 0 Å². The Kier molecular flexibility index (Phi) is 6.03. The molecule has 110 valence electrons. The number of amides is 3. The third-order valence-corrected chi connectivity index (χ3v) is 3.14. The second-order valence-corrected chi connectivity index (χ2v) is 4.86. The summed E-state index contributed by atoms with van der Waals surface area (Å²) in [4.78, 5) is 23.5. The Balaban J connectivity index is 2.55. The molecule has 1 rings (SSSR count). The van der Waals surface area contributed by atoms with E-state index in [-0.39, 0.29) is 11.9 Å². The van der Waals surface area contributed by atoms with Crippen LogP contribution >= 0.6 is 0 Å². The van der Waals surface area contributed by atoms with Crippen molar-refractivity contribution < 1.29 is 9.59 Å². The van der Waals surface area contributed by atoms with Crippen molar-refractivity contribution in [1.82, 2.24) is 10.6 Å². The summed E-state index contributed by atoms with van der Waals surface area (Å²) < 4.78 is 0. The number of anilines is 1. The monoisotopic (exact) mass is 277 g/mol. The number of rotatable bonds is 5. The smallest absolute Gasteiger partial charge is 0.319 e. The molecule has 0 saturated heterocycles. The van der Waals surface area contributed by atoms with Crippen molar-refractivity contribution in [3.05, 3.63) is 29.3 Å². The Hall–Kier alpha value is -2.04. The molecule has 0 fully saturated rings. The third kappa shape index (κ3) is 4.57. The number of hydrogen-bond donors (Lipinski definition) is 3. The molecule has 3 N–H and O–H groups in total. The maximum absolute atomic E-state index is 11.9. The van der Waals surface area contributed by atoms with Crippen molar-refractivity contribution in [1.29, 1.82) is 0 Å². The Labute approximate surface area is 120 Å². The van der Waals surface area contributed by atoms with Crippen molar-refractivity contribution >= 4 is 17.6 Å². The minimum Gasteiger partial charge on any atom is -0.354 e. The van der Waals surface area contributed by atoms with E-state index in [0.29, 0.717) is 6.54 Å². The van der Waals surface area contributed by atoms with E-state index in [1.54, 1.807) is 6.92 Å². The highest BCUT2D eigenvalue weighted by Crippen LogP contribution is 2.17. The Morgan fingerprint density at radius 3 is 2.60 bits per heavy atom. The van der Waals surface area contributed by atoms with Crippen LogP contribution in [0.4, 0.5) is 10.5 Å². The number of carbonyl (C=O) groups excluding carboxylic acids is 2. The number of urea groups is 1. The molecule has 0 radical (unpaired) electrons. The van der Waals surface area contributed by atoms with E-state index in [4.69, 9.17) is 0 Å². The fourth-order valence-corrected chi connectivity index (χ4v) is 1.71. The lowest BCUT2D eigenvalue weighted by Crippen LogP contribution is -2.46. The van der Waals surface area contributed by atoms with Crippen LogP contribution in [0, 0.1) is 13.8 Å². The van der Waals surface area contributed by atoms with Gasteiger partial charge in [0.15, 0.2) is 0 Å². The second kappa shape index (κ2) is 7.53. The molecule has 1 aromatic rings. The molecular weight excluding hydrogens is 254 g/mol.